The maximum absolute atomic E-state index is 5.49. The van der Waals surface area contributed by atoms with E-state index in [4.69, 9.17) is 5.73 Å². The quantitative estimate of drug-likeness (QED) is 0.747. The van der Waals surface area contributed by atoms with Crippen LogP contribution < -0.4 is 10.6 Å². The Bertz CT molecular complexity index is 290. The van der Waals surface area contributed by atoms with Gasteiger partial charge in [-0.1, -0.05) is 26.0 Å². The van der Waals surface area contributed by atoms with Crippen LogP contribution in [0.1, 0.15) is 38.2 Å². The normalized spacial score (nSPS) is 10.8. The van der Waals surface area contributed by atoms with E-state index >= 15 is 0 Å². The zero-order chi connectivity index (χ0) is 12.0. The van der Waals surface area contributed by atoms with Crippen LogP contribution in [0.2, 0.25) is 0 Å². The molecule has 90 valence electrons. The molecule has 0 atom stereocenters. The Morgan fingerprint density at radius 3 is 2.25 bits per heavy atom. The number of unbranched alkanes of at least 4 members (excludes halogenated alkanes) is 1. The van der Waals surface area contributed by atoms with E-state index in [-0.39, 0.29) is 0 Å². The van der Waals surface area contributed by atoms with Crippen molar-refractivity contribution in [3.05, 3.63) is 29.8 Å². The second-order valence-electron chi connectivity index (χ2n) is 4.66. The number of rotatable bonds is 6. The molecule has 0 spiro atoms. The fraction of sp³-hybridized carbons (Fsp3) is 0.571. The van der Waals surface area contributed by atoms with Gasteiger partial charge < -0.3 is 10.6 Å². The third-order valence-corrected chi connectivity index (χ3v) is 2.95. The van der Waals surface area contributed by atoms with E-state index in [0.717, 1.165) is 19.5 Å². The number of nitrogens with zero attached hydrogens (tertiary/aromatic N) is 1. The molecule has 0 bridgehead atoms. The third-order valence-electron chi connectivity index (χ3n) is 2.95. The maximum Gasteiger partial charge on any atom is 0.0363 e. The highest BCUT2D eigenvalue weighted by Crippen LogP contribution is 2.19. The van der Waals surface area contributed by atoms with E-state index in [9.17, 15) is 0 Å². The van der Waals surface area contributed by atoms with Gasteiger partial charge in [-0.3, -0.25) is 0 Å². The van der Waals surface area contributed by atoms with E-state index in [2.05, 4.69) is 50.1 Å². The predicted molar refractivity (Wildman–Crippen MR) is 72.1 cm³/mol. The highest BCUT2D eigenvalue weighted by atomic mass is 15.1. The first-order valence-electron chi connectivity index (χ1n) is 6.16. The fourth-order valence-electron chi connectivity index (χ4n) is 1.74. The monoisotopic (exact) mass is 220 g/mol. The van der Waals surface area contributed by atoms with Crippen molar-refractivity contribution in [2.45, 2.75) is 32.6 Å². The molecule has 0 saturated heterocycles. The zero-order valence-corrected chi connectivity index (χ0v) is 10.7. The summed E-state index contributed by atoms with van der Waals surface area (Å²) in [5.41, 5.74) is 8.18. The van der Waals surface area contributed by atoms with Crippen LogP contribution in [-0.4, -0.2) is 20.1 Å². The highest BCUT2D eigenvalue weighted by Gasteiger charge is 2.02. The SMILES string of the molecule is CC(C)c1ccc(N(C)CCCCN)cc1. The van der Waals surface area contributed by atoms with Gasteiger partial charge in [-0.05, 0) is 43.0 Å². The highest BCUT2D eigenvalue weighted by molar-refractivity contribution is 5.47. The molecule has 16 heavy (non-hydrogen) atoms. The summed E-state index contributed by atoms with van der Waals surface area (Å²) in [6, 6.07) is 8.86. The van der Waals surface area contributed by atoms with Crippen molar-refractivity contribution in [1.82, 2.24) is 0 Å². The predicted octanol–water partition coefficient (Wildman–Crippen LogP) is 2.99. The molecule has 0 aliphatic heterocycles. The van der Waals surface area contributed by atoms with Crippen molar-refractivity contribution in [2.75, 3.05) is 25.0 Å². The third kappa shape index (κ3) is 3.86. The molecule has 2 N–H and O–H groups in total. The molecule has 0 unspecified atom stereocenters. The molecule has 0 aliphatic rings. The number of anilines is 1. The molecule has 1 aromatic carbocycles. The summed E-state index contributed by atoms with van der Waals surface area (Å²) in [5, 5.41) is 0. The van der Waals surface area contributed by atoms with E-state index < -0.39 is 0 Å². The van der Waals surface area contributed by atoms with E-state index in [0.29, 0.717) is 5.92 Å². The van der Waals surface area contributed by atoms with E-state index in [1.165, 1.54) is 17.7 Å². The summed E-state index contributed by atoms with van der Waals surface area (Å²) in [4.78, 5) is 2.29. The van der Waals surface area contributed by atoms with Gasteiger partial charge in [0.05, 0.1) is 0 Å². The first-order chi connectivity index (χ1) is 7.65. The van der Waals surface area contributed by atoms with Crippen LogP contribution in [0, 0.1) is 0 Å². The lowest BCUT2D eigenvalue weighted by Gasteiger charge is -2.19. The topological polar surface area (TPSA) is 29.3 Å². The molecule has 0 radical (unpaired) electrons. The van der Waals surface area contributed by atoms with Crippen molar-refractivity contribution >= 4 is 5.69 Å². The minimum Gasteiger partial charge on any atom is -0.375 e. The Morgan fingerprint density at radius 2 is 1.75 bits per heavy atom. The molecule has 2 heteroatoms. The molecule has 0 aliphatic carbocycles. The molecule has 0 aromatic heterocycles. The molecular weight excluding hydrogens is 196 g/mol. The van der Waals surface area contributed by atoms with Crippen molar-refractivity contribution in [3.8, 4) is 0 Å². The summed E-state index contributed by atoms with van der Waals surface area (Å²) in [6.45, 7) is 6.32. The first kappa shape index (κ1) is 13.0. The lowest BCUT2D eigenvalue weighted by molar-refractivity contribution is 0.728. The largest absolute Gasteiger partial charge is 0.375 e. The van der Waals surface area contributed by atoms with Crippen LogP contribution in [0.5, 0.6) is 0 Å². The molecule has 2 nitrogen and oxygen atoms in total. The van der Waals surface area contributed by atoms with Gasteiger partial charge in [-0.25, -0.2) is 0 Å². The molecule has 0 amide bonds. The number of hydrogen-bond acceptors (Lipinski definition) is 2. The van der Waals surface area contributed by atoms with Crippen molar-refractivity contribution in [2.24, 2.45) is 5.73 Å². The van der Waals surface area contributed by atoms with Crippen LogP contribution >= 0.6 is 0 Å². The molecule has 0 saturated carbocycles. The second kappa shape index (κ2) is 6.54. The molecule has 0 heterocycles. The zero-order valence-electron chi connectivity index (χ0n) is 10.7. The Morgan fingerprint density at radius 1 is 1.12 bits per heavy atom. The van der Waals surface area contributed by atoms with Crippen molar-refractivity contribution in [1.29, 1.82) is 0 Å². The molecule has 0 fully saturated rings. The lowest BCUT2D eigenvalue weighted by Crippen LogP contribution is -2.19. The summed E-state index contributed by atoms with van der Waals surface area (Å²) in [5.74, 6) is 0.608. The molecule has 1 rings (SSSR count). The second-order valence-corrected chi connectivity index (χ2v) is 4.66. The van der Waals surface area contributed by atoms with Crippen LogP contribution in [0.4, 0.5) is 5.69 Å². The first-order valence-corrected chi connectivity index (χ1v) is 6.16. The Labute approximate surface area is 99.5 Å². The van der Waals surface area contributed by atoms with Crippen molar-refractivity contribution in [3.63, 3.8) is 0 Å². The Hall–Kier alpha value is -1.02. The molecule has 1 aromatic rings. The van der Waals surface area contributed by atoms with Crippen LogP contribution in [0.3, 0.4) is 0 Å². The van der Waals surface area contributed by atoms with Gasteiger partial charge in [-0.2, -0.15) is 0 Å². The van der Waals surface area contributed by atoms with Crippen molar-refractivity contribution < 1.29 is 0 Å². The number of hydrogen-bond donors (Lipinski definition) is 1. The Kier molecular flexibility index (Phi) is 5.33. The van der Waals surface area contributed by atoms with E-state index in [1.54, 1.807) is 0 Å². The van der Waals surface area contributed by atoms with Crippen LogP contribution in [0.25, 0.3) is 0 Å². The van der Waals surface area contributed by atoms with Crippen LogP contribution in [0.15, 0.2) is 24.3 Å². The fourth-order valence-corrected chi connectivity index (χ4v) is 1.74. The minimum atomic E-state index is 0.608. The summed E-state index contributed by atoms with van der Waals surface area (Å²) in [7, 11) is 2.14. The van der Waals surface area contributed by atoms with Gasteiger partial charge in [0.15, 0.2) is 0 Å². The van der Waals surface area contributed by atoms with Gasteiger partial charge in [0.2, 0.25) is 0 Å². The van der Waals surface area contributed by atoms with Crippen LogP contribution in [-0.2, 0) is 0 Å². The van der Waals surface area contributed by atoms with E-state index in [1.807, 2.05) is 0 Å². The average molecular weight is 220 g/mol. The number of nitrogens with two attached hydrogens (primary N) is 1. The maximum atomic E-state index is 5.49. The van der Waals surface area contributed by atoms with Gasteiger partial charge >= 0.3 is 0 Å². The van der Waals surface area contributed by atoms with Gasteiger partial charge in [0.25, 0.3) is 0 Å². The minimum absolute atomic E-state index is 0.608. The smallest absolute Gasteiger partial charge is 0.0363 e. The lowest BCUT2D eigenvalue weighted by atomic mass is 10.0. The standard InChI is InChI=1S/C14H24N2/c1-12(2)13-6-8-14(9-7-13)16(3)11-5-4-10-15/h6-9,12H,4-5,10-11,15H2,1-3H3. The summed E-state index contributed by atoms with van der Waals surface area (Å²) >= 11 is 0. The van der Waals surface area contributed by atoms with Gasteiger partial charge in [-0.15, -0.1) is 0 Å². The molecular formula is C14H24N2. The summed E-state index contributed by atoms with van der Waals surface area (Å²) < 4.78 is 0. The Balaban J connectivity index is 2.52. The summed E-state index contributed by atoms with van der Waals surface area (Å²) in [6.07, 6.45) is 2.27. The average Bonchev–Trinajstić information content (AvgIpc) is 2.29. The van der Waals surface area contributed by atoms with Gasteiger partial charge in [0.1, 0.15) is 0 Å². The van der Waals surface area contributed by atoms with Gasteiger partial charge in [0, 0.05) is 19.3 Å². The number of benzene rings is 1.